The van der Waals surface area contributed by atoms with E-state index in [0.29, 0.717) is 5.75 Å². The van der Waals surface area contributed by atoms with Crippen LogP contribution in [0.2, 0.25) is 0 Å². The van der Waals surface area contributed by atoms with Gasteiger partial charge < -0.3 is 9.55 Å². The van der Waals surface area contributed by atoms with E-state index in [4.69, 9.17) is 0 Å². The van der Waals surface area contributed by atoms with E-state index in [-0.39, 0.29) is 5.78 Å². The van der Waals surface area contributed by atoms with E-state index < -0.39 is 0 Å². The summed E-state index contributed by atoms with van der Waals surface area (Å²) in [6, 6.07) is 14.3. The van der Waals surface area contributed by atoms with Gasteiger partial charge in [0, 0.05) is 35.3 Å². The number of carbonyl (C=O) groups is 1. The highest BCUT2D eigenvalue weighted by Gasteiger charge is 2.17. The van der Waals surface area contributed by atoms with E-state index in [1.54, 1.807) is 0 Å². The number of H-pyrrole nitrogens is 1. The first kappa shape index (κ1) is 18.5. The van der Waals surface area contributed by atoms with E-state index in [0.717, 1.165) is 39.4 Å². The summed E-state index contributed by atoms with van der Waals surface area (Å²) in [5.41, 5.74) is 5.23. The third-order valence-corrected chi connectivity index (χ3v) is 5.98. The molecule has 0 bridgehead atoms. The molecule has 1 N–H and O–H groups in total. The molecule has 2 aromatic carbocycles. The van der Waals surface area contributed by atoms with E-state index >= 15 is 0 Å². The Morgan fingerprint density at radius 3 is 2.68 bits per heavy atom. The van der Waals surface area contributed by atoms with Crippen LogP contribution in [-0.2, 0) is 13.5 Å². The quantitative estimate of drug-likeness (QED) is 0.379. The second kappa shape index (κ2) is 7.64. The third kappa shape index (κ3) is 3.36. The molecule has 2 aromatic heterocycles. The SMILES string of the molecule is CCc1cccc2c(C(=O)CSc3nnc(-c4ccc(C)cc4)n3C)c[nH]c12. The first-order valence-corrected chi connectivity index (χ1v) is 10.3. The molecule has 0 fully saturated rings. The predicted octanol–water partition coefficient (Wildman–Crippen LogP) is 4.81. The Morgan fingerprint density at radius 1 is 1.14 bits per heavy atom. The van der Waals surface area contributed by atoms with Crippen LogP contribution in [0.15, 0.2) is 53.8 Å². The van der Waals surface area contributed by atoms with Gasteiger partial charge in [0.2, 0.25) is 0 Å². The largest absolute Gasteiger partial charge is 0.360 e. The fourth-order valence-electron chi connectivity index (χ4n) is 3.34. The first-order chi connectivity index (χ1) is 13.6. The van der Waals surface area contributed by atoms with Crippen molar-refractivity contribution in [1.82, 2.24) is 19.7 Å². The first-order valence-electron chi connectivity index (χ1n) is 9.30. The summed E-state index contributed by atoms with van der Waals surface area (Å²) in [5, 5.41) is 10.3. The predicted molar refractivity (Wildman–Crippen MR) is 114 cm³/mol. The molecule has 2 heterocycles. The molecule has 0 atom stereocenters. The van der Waals surface area contributed by atoms with Gasteiger partial charge in [0.15, 0.2) is 16.8 Å². The Kier molecular flexibility index (Phi) is 5.05. The van der Waals surface area contributed by atoms with Crippen molar-refractivity contribution in [2.75, 3.05) is 5.75 Å². The maximum absolute atomic E-state index is 12.8. The Morgan fingerprint density at radius 2 is 1.93 bits per heavy atom. The topological polar surface area (TPSA) is 63.6 Å². The molecule has 0 saturated heterocycles. The smallest absolute Gasteiger partial charge is 0.191 e. The minimum Gasteiger partial charge on any atom is -0.360 e. The standard InChI is InChI=1S/C22H22N4OS/c1-4-15-6-5-7-17-18(12-23-20(15)17)19(27)13-28-22-25-24-21(26(22)3)16-10-8-14(2)9-11-16/h5-12,23H,4,13H2,1-3H3. The molecule has 6 heteroatoms. The van der Waals surface area contributed by atoms with Gasteiger partial charge in [-0.1, -0.05) is 66.7 Å². The number of nitrogens with zero attached hydrogens (tertiary/aromatic N) is 3. The van der Waals surface area contributed by atoms with Crippen LogP contribution in [0.1, 0.15) is 28.4 Å². The number of hydrogen-bond donors (Lipinski definition) is 1. The summed E-state index contributed by atoms with van der Waals surface area (Å²) >= 11 is 1.42. The van der Waals surface area contributed by atoms with Gasteiger partial charge in [-0.05, 0) is 18.9 Å². The van der Waals surface area contributed by atoms with Crippen LogP contribution in [-0.4, -0.2) is 31.3 Å². The van der Waals surface area contributed by atoms with Crippen LogP contribution < -0.4 is 0 Å². The van der Waals surface area contributed by atoms with Crippen LogP contribution in [0, 0.1) is 6.92 Å². The van der Waals surface area contributed by atoms with E-state index in [9.17, 15) is 4.79 Å². The molecular weight excluding hydrogens is 368 g/mol. The van der Waals surface area contributed by atoms with Gasteiger partial charge in [0.05, 0.1) is 5.75 Å². The van der Waals surface area contributed by atoms with Crippen LogP contribution in [0.25, 0.3) is 22.3 Å². The van der Waals surface area contributed by atoms with Crippen molar-refractivity contribution >= 4 is 28.4 Å². The summed E-state index contributed by atoms with van der Waals surface area (Å²) in [5.74, 6) is 1.21. The molecule has 4 aromatic rings. The second-order valence-electron chi connectivity index (χ2n) is 6.84. The lowest BCUT2D eigenvalue weighted by atomic mass is 10.1. The minimum absolute atomic E-state index is 0.0874. The number of ketones is 1. The van der Waals surface area contributed by atoms with Crippen molar-refractivity contribution < 1.29 is 4.79 Å². The summed E-state index contributed by atoms with van der Waals surface area (Å²) in [7, 11) is 1.93. The van der Waals surface area contributed by atoms with E-state index in [1.165, 1.54) is 22.9 Å². The number of fused-ring (bicyclic) bond motifs is 1. The van der Waals surface area contributed by atoms with Crippen molar-refractivity contribution in [2.45, 2.75) is 25.4 Å². The zero-order valence-corrected chi connectivity index (χ0v) is 17.0. The summed E-state index contributed by atoms with van der Waals surface area (Å²) in [6.45, 7) is 4.17. The molecule has 0 unspecified atom stereocenters. The highest BCUT2D eigenvalue weighted by Crippen LogP contribution is 2.26. The molecule has 0 amide bonds. The van der Waals surface area contributed by atoms with Crippen LogP contribution >= 0.6 is 11.8 Å². The Bertz CT molecular complexity index is 1140. The molecule has 5 nitrogen and oxygen atoms in total. The van der Waals surface area contributed by atoms with Crippen molar-refractivity contribution in [2.24, 2.45) is 7.05 Å². The van der Waals surface area contributed by atoms with E-state index in [2.05, 4.69) is 47.2 Å². The lowest BCUT2D eigenvalue weighted by molar-refractivity contribution is 0.102. The lowest BCUT2D eigenvalue weighted by Gasteiger charge is -2.04. The molecule has 28 heavy (non-hydrogen) atoms. The van der Waals surface area contributed by atoms with Crippen molar-refractivity contribution in [1.29, 1.82) is 0 Å². The van der Waals surface area contributed by atoms with Gasteiger partial charge in [-0.2, -0.15) is 0 Å². The van der Waals surface area contributed by atoms with Gasteiger partial charge in [-0.3, -0.25) is 4.79 Å². The van der Waals surface area contributed by atoms with Crippen LogP contribution in [0.4, 0.5) is 0 Å². The number of carbonyl (C=O) groups excluding carboxylic acids is 1. The zero-order chi connectivity index (χ0) is 19.7. The number of rotatable bonds is 6. The van der Waals surface area contributed by atoms with Crippen LogP contribution in [0.3, 0.4) is 0 Å². The van der Waals surface area contributed by atoms with Gasteiger partial charge in [-0.15, -0.1) is 10.2 Å². The summed E-state index contributed by atoms with van der Waals surface area (Å²) < 4.78 is 1.94. The molecule has 0 aliphatic carbocycles. The number of nitrogens with one attached hydrogen (secondary N) is 1. The van der Waals surface area contributed by atoms with Crippen molar-refractivity contribution in [3.63, 3.8) is 0 Å². The molecule has 0 saturated carbocycles. The van der Waals surface area contributed by atoms with Gasteiger partial charge in [0.25, 0.3) is 0 Å². The highest BCUT2D eigenvalue weighted by molar-refractivity contribution is 7.99. The van der Waals surface area contributed by atoms with Crippen LogP contribution in [0.5, 0.6) is 0 Å². The minimum atomic E-state index is 0.0874. The number of aromatic nitrogens is 4. The third-order valence-electron chi connectivity index (χ3n) is 4.96. The van der Waals surface area contributed by atoms with Gasteiger partial charge >= 0.3 is 0 Å². The highest BCUT2D eigenvalue weighted by atomic mass is 32.2. The second-order valence-corrected chi connectivity index (χ2v) is 7.78. The number of para-hydroxylation sites is 1. The average Bonchev–Trinajstić information content (AvgIpc) is 3.30. The molecule has 142 valence electrons. The number of thioether (sulfide) groups is 1. The molecular formula is C22H22N4OS. The number of hydrogen-bond acceptors (Lipinski definition) is 4. The number of aromatic amines is 1. The van der Waals surface area contributed by atoms with E-state index in [1.807, 2.05) is 42.1 Å². The fourth-order valence-corrected chi connectivity index (χ4v) is 4.14. The lowest BCUT2D eigenvalue weighted by Crippen LogP contribution is -2.03. The Hall–Kier alpha value is -2.86. The molecule has 0 radical (unpaired) electrons. The average molecular weight is 391 g/mol. The maximum atomic E-state index is 12.8. The Labute approximate surface area is 168 Å². The number of Topliss-reactive ketones (excluding diaryl/α,β-unsaturated/α-hetero) is 1. The monoisotopic (exact) mass is 390 g/mol. The summed E-state index contributed by atoms with van der Waals surface area (Å²) in [6.07, 6.45) is 2.75. The summed E-state index contributed by atoms with van der Waals surface area (Å²) in [4.78, 5) is 16.1. The number of benzene rings is 2. The molecule has 0 aliphatic heterocycles. The zero-order valence-electron chi connectivity index (χ0n) is 16.2. The van der Waals surface area contributed by atoms with Gasteiger partial charge in [-0.25, -0.2) is 0 Å². The Balaban J connectivity index is 1.52. The van der Waals surface area contributed by atoms with Gasteiger partial charge in [0.1, 0.15) is 0 Å². The normalized spacial score (nSPS) is 11.2. The molecule has 0 aliphatic rings. The van der Waals surface area contributed by atoms with Crippen molar-refractivity contribution in [3.05, 3.63) is 65.4 Å². The molecule has 4 rings (SSSR count). The molecule has 0 spiro atoms. The fraction of sp³-hybridized carbons (Fsp3) is 0.227. The number of aryl methyl sites for hydroxylation is 2. The van der Waals surface area contributed by atoms with Crippen molar-refractivity contribution in [3.8, 4) is 11.4 Å². The maximum Gasteiger partial charge on any atom is 0.191 e.